The van der Waals surface area contributed by atoms with Gasteiger partial charge in [-0.15, -0.1) is 0 Å². The summed E-state index contributed by atoms with van der Waals surface area (Å²) in [6.45, 7) is 4.59. The number of rotatable bonds is 0. The van der Waals surface area contributed by atoms with E-state index in [4.69, 9.17) is 0 Å². The molecule has 1 nitrogen and oxygen atoms in total. The molecule has 0 saturated heterocycles. The van der Waals surface area contributed by atoms with E-state index in [1.54, 1.807) is 0 Å². The van der Waals surface area contributed by atoms with Crippen LogP contribution in [0.4, 0.5) is 0 Å². The van der Waals surface area contributed by atoms with Gasteiger partial charge in [0.2, 0.25) is 0 Å². The first-order valence-electron chi connectivity index (χ1n) is 4.14. The number of carbonyl (C=O) groups excluding carboxylic acids is 1. The van der Waals surface area contributed by atoms with Gasteiger partial charge in [0.05, 0.1) is 0 Å². The topological polar surface area (TPSA) is 17.1 Å². The molecule has 2 aliphatic rings. The minimum atomic E-state index is 0.468. The molecule has 0 heterocycles. The molecule has 56 valence electrons. The van der Waals surface area contributed by atoms with Crippen LogP contribution < -0.4 is 0 Å². The van der Waals surface area contributed by atoms with Crippen molar-refractivity contribution < 1.29 is 4.79 Å². The fourth-order valence-electron chi connectivity index (χ4n) is 2.47. The number of carbonyl (C=O) groups is 1. The van der Waals surface area contributed by atoms with E-state index < -0.39 is 0 Å². The molecule has 1 heteroatoms. The summed E-state index contributed by atoms with van der Waals surface area (Å²) in [5.74, 6) is 1.73. The van der Waals surface area contributed by atoms with Crippen LogP contribution in [0, 0.1) is 17.3 Å². The van der Waals surface area contributed by atoms with Gasteiger partial charge in [0.25, 0.3) is 0 Å². The fraction of sp³-hybridized carbons (Fsp3) is 0.889. The largest absolute Gasteiger partial charge is 0.299 e. The molecule has 2 fully saturated rings. The monoisotopic (exact) mass is 138 g/mol. The van der Waals surface area contributed by atoms with Gasteiger partial charge in [-0.1, -0.05) is 13.8 Å². The lowest BCUT2D eigenvalue weighted by Crippen LogP contribution is -2.38. The summed E-state index contributed by atoms with van der Waals surface area (Å²) in [4.78, 5) is 11.0. The van der Waals surface area contributed by atoms with Crippen molar-refractivity contribution in [2.75, 3.05) is 0 Å². The summed E-state index contributed by atoms with van der Waals surface area (Å²) < 4.78 is 0. The molecule has 0 aromatic heterocycles. The fourth-order valence-corrected chi connectivity index (χ4v) is 2.47. The summed E-state index contributed by atoms with van der Waals surface area (Å²) >= 11 is 0. The Morgan fingerprint density at radius 2 is 2.20 bits per heavy atom. The predicted molar refractivity (Wildman–Crippen MR) is 39.6 cm³/mol. The van der Waals surface area contributed by atoms with Crippen LogP contribution in [-0.2, 0) is 4.79 Å². The summed E-state index contributed by atoms with van der Waals surface area (Å²) in [7, 11) is 0. The normalized spacial score (nSPS) is 42.8. The highest BCUT2D eigenvalue weighted by molar-refractivity contribution is 5.88. The molecular weight excluding hydrogens is 124 g/mol. The second-order valence-electron chi connectivity index (χ2n) is 4.41. The van der Waals surface area contributed by atoms with E-state index in [1.165, 1.54) is 6.42 Å². The van der Waals surface area contributed by atoms with E-state index in [1.807, 2.05) is 0 Å². The third-order valence-electron chi connectivity index (χ3n) is 3.42. The Morgan fingerprint density at radius 1 is 1.50 bits per heavy atom. The van der Waals surface area contributed by atoms with Crippen molar-refractivity contribution in [3.05, 3.63) is 0 Å². The average Bonchev–Trinajstić information content (AvgIpc) is 2.03. The predicted octanol–water partition coefficient (Wildman–Crippen LogP) is 2.01. The molecule has 10 heavy (non-hydrogen) atoms. The molecule has 0 unspecified atom stereocenters. The van der Waals surface area contributed by atoms with E-state index in [-0.39, 0.29) is 0 Å². The van der Waals surface area contributed by atoms with Crippen LogP contribution in [0.15, 0.2) is 0 Å². The number of Topliss-reactive ketones (excluding diaryl/α,β-unsaturated/α-hetero) is 1. The van der Waals surface area contributed by atoms with E-state index in [9.17, 15) is 4.79 Å². The Labute approximate surface area is 61.8 Å². The number of ketones is 1. The third-order valence-corrected chi connectivity index (χ3v) is 3.42. The maximum atomic E-state index is 11.0. The van der Waals surface area contributed by atoms with E-state index in [2.05, 4.69) is 13.8 Å². The van der Waals surface area contributed by atoms with Gasteiger partial charge in [0.1, 0.15) is 5.78 Å². The van der Waals surface area contributed by atoms with Crippen molar-refractivity contribution in [2.45, 2.75) is 33.1 Å². The first kappa shape index (κ1) is 6.38. The van der Waals surface area contributed by atoms with Gasteiger partial charge < -0.3 is 0 Å². The van der Waals surface area contributed by atoms with Crippen molar-refractivity contribution in [3.8, 4) is 0 Å². The van der Waals surface area contributed by atoms with Crippen LogP contribution in [0.3, 0.4) is 0 Å². The van der Waals surface area contributed by atoms with Gasteiger partial charge in [-0.2, -0.15) is 0 Å². The molecule has 2 rings (SSSR count). The standard InChI is InChI=1S/C9H14O/c1-9(2)4-3-6-7(9)5-8(6)10/h6-7H,3-5H2,1-2H3/t6-,7-/m1/s1. The second-order valence-corrected chi connectivity index (χ2v) is 4.41. The van der Waals surface area contributed by atoms with Crippen molar-refractivity contribution in [1.29, 1.82) is 0 Å². The van der Waals surface area contributed by atoms with Crippen molar-refractivity contribution >= 4 is 5.78 Å². The Bertz CT molecular complexity index is 181. The summed E-state index contributed by atoms with van der Waals surface area (Å²) in [5.41, 5.74) is 0.471. The Kier molecular flexibility index (Phi) is 1.04. The molecule has 0 N–H and O–H groups in total. The van der Waals surface area contributed by atoms with E-state index in [0.717, 1.165) is 18.8 Å². The van der Waals surface area contributed by atoms with Crippen LogP contribution in [-0.4, -0.2) is 5.78 Å². The average molecular weight is 138 g/mol. The summed E-state index contributed by atoms with van der Waals surface area (Å²) in [6.07, 6.45) is 3.29. The molecule has 0 bridgehead atoms. The van der Waals surface area contributed by atoms with Gasteiger partial charge in [-0.05, 0) is 24.2 Å². The molecule has 0 spiro atoms. The number of hydrogen-bond donors (Lipinski definition) is 0. The summed E-state index contributed by atoms with van der Waals surface area (Å²) in [6, 6.07) is 0. The number of hydrogen-bond acceptors (Lipinski definition) is 1. The van der Waals surface area contributed by atoms with Gasteiger partial charge in [-0.3, -0.25) is 4.79 Å². The molecule has 0 aromatic rings. The molecular formula is C9H14O. The minimum Gasteiger partial charge on any atom is -0.299 e. The van der Waals surface area contributed by atoms with Crippen LogP contribution in [0.2, 0.25) is 0 Å². The Hall–Kier alpha value is -0.330. The van der Waals surface area contributed by atoms with Crippen LogP contribution in [0.5, 0.6) is 0 Å². The second kappa shape index (κ2) is 1.63. The highest BCUT2D eigenvalue weighted by Crippen LogP contribution is 2.54. The zero-order valence-electron chi connectivity index (χ0n) is 6.68. The highest BCUT2D eigenvalue weighted by atomic mass is 16.1. The highest BCUT2D eigenvalue weighted by Gasteiger charge is 2.52. The van der Waals surface area contributed by atoms with Crippen LogP contribution >= 0.6 is 0 Å². The lowest BCUT2D eigenvalue weighted by atomic mass is 9.66. The third kappa shape index (κ3) is 0.609. The number of fused-ring (bicyclic) bond motifs is 1. The van der Waals surface area contributed by atoms with E-state index in [0.29, 0.717) is 17.1 Å². The molecule has 2 aliphatic carbocycles. The van der Waals surface area contributed by atoms with E-state index >= 15 is 0 Å². The Balaban J connectivity index is 2.18. The maximum absolute atomic E-state index is 11.0. The lowest BCUT2D eigenvalue weighted by molar-refractivity contribution is -0.135. The smallest absolute Gasteiger partial charge is 0.136 e. The molecule has 2 atom stereocenters. The molecule has 0 aromatic carbocycles. The van der Waals surface area contributed by atoms with Gasteiger partial charge in [0, 0.05) is 12.3 Å². The minimum absolute atomic E-state index is 0.468. The van der Waals surface area contributed by atoms with Gasteiger partial charge >= 0.3 is 0 Å². The first-order valence-corrected chi connectivity index (χ1v) is 4.14. The molecule has 2 saturated carbocycles. The van der Waals surface area contributed by atoms with Crippen molar-refractivity contribution in [3.63, 3.8) is 0 Å². The molecule has 0 aliphatic heterocycles. The Morgan fingerprint density at radius 3 is 2.60 bits per heavy atom. The van der Waals surface area contributed by atoms with Gasteiger partial charge in [0.15, 0.2) is 0 Å². The van der Waals surface area contributed by atoms with Crippen LogP contribution in [0.25, 0.3) is 0 Å². The quantitative estimate of drug-likeness (QED) is 0.500. The zero-order chi connectivity index (χ0) is 7.35. The molecule has 0 amide bonds. The van der Waals surface area contributed by atoms with Gasteiger partial charge in [-0.25, -0.2) is 0 Å². The van der Waals surface area contributed by atoms with Crippen molar-refractivity contribution in [1.82, 2.24) is 0 Å². The molecule has 0 radical (unpaired) electrons. The summed E-state index contributed by atoms with van der Waals surface area (Å²) in [5, 5.41) is 0. The maximum Gasteiger partial charge on any atom is 0.136 e. The van der Waals surface area contributed by atoms with Crippen LogP contribution in [0.1, 0.15) is 33.1 Å². The SMILES string of the molecule is CC1(C)CC[C@H]2C(=O)C[C@H]21. The lowest BCUT2D eigenvalue weighted by Gasteiger charge is -2.37. The first-order chi connectivity index (χ1) is 4.61. The zero-order valence-corrected chi connectivity index (χ0v) is 6.68. The van der Waals surface area contributed by atoms with Crippen molar-refractivity contribution in [2.24, 2.45) is 17.3 Å².